The molecule has 1 aromatic carbocycles. The van der Waals surface area contributed by atoms with E-state index in [1.54, 1.807) is 30.3 Å². The maximum Gasteiger partial charge on any atom is 0.224 e. The molecule has 0 atom stereocenters. The Kier molecular flexibility index (Phi) is 3.10. The van der Waals surface area contributed by atoms with Crippen LogP contribution >= 0.6 is 23.2 Å². The number of hydrogen-bond acceptors (Lipinski definition) is 3. The number of nitrogens with zero attached hydrogens (tertiary/aromatic N) is 2. The minimum Gasteiger partial charge on any atom is -0.439 e. The van der Waals surface area contributed by atoms with Gasteiger partial charge >= 0.3 is 0 Å². The molecule has 1 aliphatic carbocycles. The Morgan fingerprint density at radius 1 is 1.06 bits per heavy atom. The summed E-state index contributed by atoms with van der Waals surface area (Å²) >= 11 is 11.8. The van der Waals surface area contributed by atoms with Crippen LogP contribution in [-0.2, 0) is 0 Å². The van der Waals surface area contributed by atoms with E-state index < -0.39 is 0 Å². The average molecular weight is 281 g/mol. The monoisotopic (exact) mass is 280 g/mol. The van der Waals surface area contributed by atoms with Crippen LogP contribution in [0.15, 0.2) is 30.3 Å². The summed E-state index contributed by atoms with van der Waals surface area (Å²) < 4.78 is 5.64. The second-order valence-corrected chi connectivity index (χ2v) is 5.04. The molecule has 0 saturated heterocycles. The first-order chi connectivity index (χ1) is 8.70. The van der Waals surface area contributed by atoms with Crippen LogP contribution in [0, 0.1) is 0 Å². The second-order valence-electron chi connectivity index (χ2n) is 4.22. The van der Waals surface area contributed by atoms with Crippen molar-refractivity contribution < 1.29 is 4.74 Å². The van der Waals surface area contributed by atoms with E-state index in [9.17, 15) is 0 Å². The van der Waals surface area contributed by atoms with Crippen molar-refractivity contribution in [3.63, 3.8) is 0 Å². The van der Waals surface area contributed by atoms with Crippen LogP contribution in [0.2, 0.25) is 10.2 Å². The van der Waals surface area contributed by atoms with E-state index >= 15 is 0 Å². The molecule has 1 aromatic heterocycles. The van der Waals surface area contributed by atoms with Crippen molar-refractivity contribution in [1.82, 2.24) is 9.97 Å². The predicted octanol–water partition coefficient (Wildman–Crippen LogP) is 4.45. The van der Waals surface area contributed by atoms with Gasteiger partial charge in [0.05, 0.1) is 0 Å². The molecule has 0 bridgehead atoms. The van der Waals surface area contributed by atoms with Gasteiger partial charge in [-0.15, -0.1) is 0 Å². The molecule has 3 rings (SSSR count). The van der Waals surface area contributed by atoms with Gasteiger partial charge in [0.15, 0.2) is 0 Å². The molecule has 0 amide bonds. The Morgan fingerprint density at radius 3 is 2.44 bits per heavy atom. The van der Waals surface area contributed by atoms with Crippen molar-refractivity contribution in [2.75, 3.05) is 0 Å². The molecular weight excluding hydrogens is 271 g/mol. The van der Waals surface area contributed by atoms with Gasteiger partial charge in [0.2, 0.25) is 5.88 Å². The van der Waals surface area contributed by atoms with E-state index in [1.807, 2.05) is 0 Å². The number of rotatable bonds is 3. The average Bonchev–Trinajstić information content (AvgIpc) is 3.15. The summed E-state index contributed by atoms with van der Waals surface area (Å²) in [5.41, 5.74) is 0. The smallest absolute Gasteiger partial charge is 0.224 e. The van der Waals surface area contributed by atoms with E-state index in [-0.39, 0.29) is 0 Å². The van der Waals surface area contributed by atoms with Gasteiger partial charge in [0.25, 0.3) is 0 Å². The fourth-order valence-corrected chi connectivity index (χ4v) is 1.92. The van der Waals surface area contributed by atoms with E-state index in [4.69, 9.17) is 27.9 Å². The standard InChI is InChI=1S/C13H10Cl2N2O/c14-9-3-5-10(6-4-9)18-12-7-11(15)16-13(17-12)8-1-2-8/h3-8H,1-2H2. The molecule has 1 heterocycles. The van der Waals surface area contributed by atoms with Gasteiger partial charge in [-0.25, -0.2) is 4.98 Å². The van der Waals surface area contributed by atoms with Crippen LogP contribution in [-0.4, -0.2) is 9.97 Å². The first-order valence-corrected chi connectivity index (χ1v) is 6.44. The number of halogens is 2. The molecule has 0 N–H and O–H groups in total. The quantitative estimate of drug-likeness (QED) is 0.779. The van der Waals surface area contributed by atoms with Crippen molar-refractivity contribution in [3.05, 3.63) is 46.3 Å². The minimum absolute atomic E-state index is 0.413. The van der Waals surface area contributed by atoms with E-state index in [1.165, 1.54) is 0 Å². The van der Waals surface area contributed by atoms with E-state index in [0.29, 0.717) is 27.7 Å². The summed E-state index contributed by atoms with van der Waals surface area (Å²) in [6.45, 7) is 0. The summed E-state index contributed by atoms with van der Waals surface area (Å²) in [5, 5.41) is 1.08. The van der Waals surface area contributed by atoms with Crippen LogP contribution in [0.4, 0.5) is 0 Å². The summed E-state index contributed by atoms with van der Waals surface area (Å²) in [7, 11) is 0. The lowest BCUT2D eigenvalue weighted by Gasteiger charge is -2.06. The molecule has 1 fully saturated rings. The molecular formula is C13H10Cl2N2O. The third-order valence-electron chi connectivity index (χ3n) is 2.67. The fraction of sp³-hybridized carbons (Fsp3) is 0.231. The van der Waals surface area contributed by atoms with Crippen molar-refractivity contribution in [2.45, 2.75) is 18.8 Å². The Morgan fingerprint density at radius 2 is 1.78 bits per heavy atom. The number of aromatic nitrogens is 2. The first kappa shape index (κ1) is 11.8. The van der Waals surface area contributed by atoms with Crippen molar-refractivity contribution in [2.24, 2.45) is 0 Å². The second kappa shape index (κ2) is 4.75. The zero-order chi connectivity index (χ0) is 12.5. The maximum absolute atomic E-state index is 5.96. The molecule has 0 spiro atoms. The highest BCUT2D eigenvalue weighted by Gasteiger charge is 2.27. The fourth-order valence-electron chi connectivity index (χ4n) is 1.61. The molecule has 5 heteroatoms. The van der Waals surface area contributed by atoms with Crippen molar-refractivity contribution in [3.8, 4) is 11.6 Å². The Bertz CT molecular complexity index is 568. The van der Waals surface area contributed by atoms with E-state index in [2.05, 4.69) is 9.97 Å². The molecule has 2 aromatic rings. The Hall–Kier alpha value is -1.32. The SMILES string of the molecule is Clc1ccc(Oc2cc(Cl)nc(C3CC3)n2)cc1. The number of hydrogen-bond donors (Lipinski definition) is 0. The number of ether oxygens (including phenoxy) is 1. The molecule has 1 saturated carbocycles. The van der Waals surface area contributed by atoms with Gasteiger partial charge in [-0.3, -0.25) is 0 Å². The molecule has 3 nitrogen and oxygen atoms in total. The highest BCUT2D eigenvalue weighted by Crippen LogP contribution is 2.39. The van der Waals surface area contributed by atoms with E-state index in [0.717, 1.165) is 18.7 Å². The minimum atomic E-state index is 0.413. The summed E-state index contributed by atoms with van der Waals surface area (Å²) in [6.07, 6.45) is 2.25. The summed E-state index contributed by atoms with van der Waals surface area (Å²) in [5.74, 6) is 2.36. The first-order valence-electron chi connectivity index (χ1n) is 5.68. The van der Waals surface area contributed by atoms with Gasteiger partial charge in [-0.1, -0.05) is 23.2 Å². The number of benzene rings is 1. The maximum atomic E-state index is 5.96. The van der Waals surface area contributed by atoms with Crippen LogP contribution in [0.25, 0.3) is 0 Å². The Labute approximate surface area is 115 Å². The van der Waals surface area contributed by atoms with Gasteiger partial charge in [-0.05, 0) is 37.1 Å². The molecule has 0 radical (unpaired) electrons. The third kappa shape index (κ3) is 2.74. The van der Waals surface area contributed by atoms with Crippen LogP contribution < -0.4 is 4.74 Å². The lowest BCUT2D eigenvalue weighted by atomic mass is 10.3. The topological polar surface area (TPSA) is 35.0 Å². The molecule has 0 aliphatic heterocycles. The third-order valence-corrected chi connectivity index (χ3v) is 3.11. The molecule has 0 unspecified atom stereocenters. The normalized spacial score (nSPS) is 14.6. The highest BCUT2D eigenvalue weighted by molar-refractivity contribution is 6.30. The van der Waals surface area contributed by atoms with Gasteiger partial charge < -0.3 is 4.74 Å². The molecule has 92 valence electrons. The van der Waals surface area contributed by atoms with Gasteiger partial charge in [0.1, 0.15) is 16.7 Å². The van der Waals surface area contributed by atoms with Crippen molar-refractivity contribution >= 4 is 23.2 Å². The lowest BCUT2D eigenvalue weighted by molar-refractivity contribution is 0.458. The van der Waals surface area contributed by atoms with Crippen LogP contribution in [0.1, 0.15) is 24.6 Å². The summed E-state index contributed by atoms with van der Waals surface area (Å²) in [6, 6.07) is 8.72. The largest absolute Gasteiger partial charge is 0.439 e. The van der Waals surface area contributed by atoms with Crippen LogP contribution in [0.5, 0.6) is 11.6 Å². The van der Waals surface area contributed by atoms with Gasteiger partial charge in [-0.2, -0.15) is 4.98 Å². The predicted molar refractivity (Wildman–Crippen MR) is 70.5 cm³/mol. The molecule has 1 aliphatic rings. The van der Waals surface area contributed by atoms with Crippen LogP contribution in [0.3, 0.4) is 0 Å². The zero-order valence-electron chi connectivity index (χ0n) is 9.44. The Balaban J connectivity index is 1.85. The summed E-state index contributed by atoms with van der Waals surface area (Å²) in [4.78, 5) is 8.57. The molecule has 18 heavy (non-hydrogen) atoms. The van der Waals surface area contributed by atoms with Gasteiger partial charge in [0, 0.05) is 17.0 Å². The highest BCUT2D eigenvalue weighted by atomic mass is 35.5. The lowest BCUT2D eigenvalue weighted by Crippen LogP contribution is -1.96. The van der Waals surface area contributed by atoms with Crippen molar-refractivity contribution in [1.29, 1.82) is 0 Å². The zero-order valence-corrected chi connectivity index (χ0v) is 10.9.